The van der Waals surface area contributed by atoms with E-state index in [-0.39, 0.29) is 22.0 Å². The van der Waals surface area contributed by atoms with Crippen LogP contribution in [0.3, 0.4) is 0 Å². The minimum absolute atomic E-state index is 0.155. The molecule has 1 aliphatic rings. The Balaban J connectivity index is 2.06. The lowest BCUT2D eigenvalue weighted by atomic mass is 10.3. The molecule has 0 radical (unpaired) electrons. The average Bonchev–Trinajstić information content (AvgIpc) is 3.07. The number of nitrogens with zero attached hydrogens (tertiary/aromatic N) is 2. The molecule has 1 aromatic carbocycles. The van der Waals surface area contributed by atoms with Crippen LogP contribution in [0.2, 0.25) is 0 Å². The van der Waals surface area contributed by atoms with Crippen molar-refractivity contribution in [1.82, 2.24) is 10.3 Å². The summed E-state index contributed by atoms with van der Waals surface area (Å²) in [7, 11) is -3.64. The maximum Gasteiger partial charge on any atom is 0.316 e. The summed E-state index contributed by atoms with van der Waals surface area (Å²) in [5, 5.41) is 12.7. The van der Waals surface area contributed by atoms with Gasteiger partial charge in [-0.15, -0.1) is 0 Å². The molecule has 0 spiro atoms. The number of oxazole rings is 1. The summed E-state index contributed by atoms with van der Waals surface area (Å²) < 4.78 is 29.8. The number of rotatable bonds is 3. The van der Waals surface area contributed by atoms with Gasteiger partial charge in [-0.05, 0) is 19.0 Å². The second kappa shape index (κ2) is 4.53. The second-order valence-electron chi connectivity index (χ2n) is 4.55. The molecule has 106 valence electrons. The number of benzene rings is 1. The third-order valence-electron chi connectivity index (χ3n) is 3.26. The van der Waals surface area contributed by atoms with Crippen molar-refractivity contribution in [2.24, 2.45) is 0 Å². The van der Waals surface area contributed by atoms with Gasteiger partial charge < -0.3 is 9.73 Å². The zero-order chi connectivity index (χ0) is 14.3. The van der Waals surface area contributed by atoms with Crippen LogP contribution in [-0.4, -0.2) is 36.7 Å². The highest BCUT2D eigenvalue weighted by atomic mass is 32.2. The van der Waals surface area contributed by atoms with E-state index in [9.17, 15) is 18.5 Å². The van der Waals surface area contributed by atoms with Gasteiger partial charge in [0.25, 0.3) is 5.69 Å². The number of sulfone groups is 1. The van der Waals surface area contributed by atoms with E-state index in [4.69, 9.17) is 4.42 Å². The Bertz CT molecular complexity index is 776. The highest BCUT2D eigenvalue weighted by molar-refractivity contribution is 7.91. The third-order valence-corrected chi connectivity index (χ3v) is 5.20. The van der Waals surface area contributed by atoms with Crippen molar-refractivity contribution in [3.8, 4) is 0 Å². The van der Waals surface area contributed by atoms with Gasteiger partial charge in [0.1, 0.15) is 5.52 Å². The van der Waals surface area contributed by atoms with Crippen LogP contribution < -0.4 is 5.32 Å². The molecular formula is C11H11N3O5S. The van der Waals surface area contributed by atoms with Gasteiger partial charge in [-0.2, -0.15) is 4.98 Å². The van der Waals surface area contributed by atoms with E-state index in [2.05, 4.69) is 10.3 Å². The van der Waals surface area contributed by atoms with Crippen molar-refractivity contribution in [1.29, 1.82) is 0 Å². The van der Waals surface area contributed by atoms with E-state index in [0.717, 1.165) is 0 Å². The van der Waals surface area contributed by atoms with E-state index in [1.54, 1.807) is 0 Å². The second-order valence-corrected chi connectivity index (χ2v) is 6.65. The molecule has 1 N–H and O–H groups in total. The first-order chi connectivity index (χ1) is 9.48. The minimum Gasteiger partial charge on any atom is -0.428 e. The number of hydrogen-bond donors (Lipinski definition) is 1. The van der Waals surface area contributed by atoms with Gasteiger partial charge in [0.2, 0.25) is 9.84 Å². The van der Waals surface area contributed by atoms with Crippen molar-refractivity contribution < 1.29 is 17.8 Å². The van der Waals surface area contributed by atoms with Crippen molar-refractivity contribution in [2.75, 3.05) is 13.1 Å². The Hall–Kier alpha value is -2.00. The van der Waals surface area contributed by atoms with Crippen LogP contribution in [-0.2, 0) is 9.84 Å². The lowest BCUT2D eigenvalue weighted by Crippen LogP contribution is -2.24. The number of nitro benzene ring substituents is 1. The summed E-state index contributed by atoms with van der Waals surface area (Å²) >= 11 is 0. The first kappa shape index (κ1) is 13.0. The zero-order valence-corrected chi connectivity index (χ0v) is 11.1. The molecule has 3 rings (SSSR count). The average molecular weight is 297 g/mol. The lowest BCUT2D eigenvalue weighted by Gasteiger charge is -2.05. The first-order valence-corrected chi connectivity index (χ1v) is 7.53. The van der Waals surface area contributed by atoms with Crippen LogP contribution in [0.4, 0.5) is 5.69 Å². The Morgan fingerprint density at radius 1 is 1.45 bits per heavy atom. The summed E-state index contributed by atoms with van der Waals surface area (Å²) in [5.41, 5.74) is 0.237. The molecule has 0 saturated carbocycles. The largest absolute Gasteiger partial charge is 0.428 e. The molecular weight excluding hydrogens is 286 g/mol. The predicted molar refractivity (Wildman–Crippen MR) is 69.1 cm³/mol. The Morgan fingerprint density at radius 2 is 2.25 bits per heavy atom. The molecule has 0 unspecified atom stereocenters. The van der Waals surface area contributed by atoms with E-state index >= 15 is 0 Å². The van der Waals surface area contributed by atoms with Gasteiger partial charge in [0.15, 0.2) is 5.58 Å². The molecule has 0 amide bonds. The lowest BCUT2D eigenvalue weighted by molar-refractivity contribution is -0.384. The van der Waals surface area contributed by atoms with Crippen molar-refractivity contribution in [3.63, 3.8) is 0 Å². The maximum absolute atomic E-state index is 12.3. The molecule has 1 fully saturated rings. The summed E-state index contributed by atoms with van der Waals surface area (Å²) in [5.74, 6) is 0. The topological polar surface area (TPSA) is 115 Å². The number of nitrogens with one attached hydrogen (secondary N) is 1. The van der Waals surface area contributed by atoms with Gasteiger partial charge in [0.05, 0.1) is 10.2 Å². The van der Waals surface area contributed by atoms with Crippen molar-refractivity contribution in [3.05, 3.63) is 28.3 Å². The van der Waals surface area contributed by atoms with Gasteiger partial charge in [0, 0.05) is 18.7 Å². The molecule has 8 nitrogen and oxygen atoms in total. The molecule has 1 atom stereocenters. The standard InChI is InChI=1S/C11H11N3O5S/c15-14(16)7-1-2-10-9(5-7)13-11(19-10)20(17,18)8-3-4-12-6-8/h1-2,5,8,12H,3-4,6H2/t8-/m0/s1. The molecule has 2 aromatic rings. The fourth-order valence-electron chi connectivity index (χ4n) is 2.17. The van der Waals surface area contributed by atoms with E-state index in [1.807, 2.05) is 0 Å². The number of non-ortho nitro benzene ring substituents is 1. The number of aromatic nitrogens is 1. The molecule has 2 heterocycles. The maximum atomic E-state index is 12.3. The van der Waals surface area contributed by atoms with Crippen molar-refractivity contribution in [2.45, 2.75) is 16.9 Å². The fraction of sp³-hybridized carbons (Fsp3) is 0.364. The number of hydrogen-bond acceptors (Lipinski definition) is 7. The Morgan fingerprint density at radius 3 is 2.90 bits per heavy atom. The molecule has 1 aliphatic heterocycles. The Kier molecular flexibility index (Phi) is 2.94. The smallest absolute Gasteiger partial charge is 0.316 e. The van der Waals surface area contributed by atoms with Crippen LogP contribution in [0, 0.1) is 10.1 Å². The van der Waals surface area contributed by atoms with Gasteiger partial charge in [-0.25, -0.2) is 8.42 Å². The zero-order valence-electron chi connectivity index (χ0n) is 10.3. The molecule has 20 heavy (non-hydrogen) atoms. The van der Waals surface area contributed by atoms with Crippen LogP contribution in [0.1, 0.15) is 6.42 Å². The first-order valence-electron chi connectivity index (χ1n) is 5.98. The van der Waals surface area contributed by atoms with Gasteiger partial charge in [-0.1, -0.05) is 0 Å². The normalized spacial score (nSPS) is 19.5. The minimum atomic E-state index is -3.64. The summed E-state index contributed by atoms with van der Waals surface area (Å²) in [6.45, 7) is 0.997. The molecule has 1 saturated heterocycles. The van der Waals surface area contributed by atoms with Crippen LogP contribution >= 0.6 is 0 Å². The Labute approximate surface area is 113 Å². The highest BCUT2D eigenvalue weighted by Gasteiger charge is 2.34. The summed E-state index contributed by atoms with van der Waals surface area (Å²) in [4.78, 5) is 14.0. The van der Waals surface area contributed by atoms with Crippen molar-refractivity contribution >= 4 is 26.6 Å². The quantitative estimate of drug-likeness (QED) is 0.660. The third kappa shape index (κ3) is 2.04. The van der Waals surface area contributed by atoms with E-state index in [0.29, 0.717) is 19.5 Å². The number of fused-ring (bicyclic) bond motifs is 1. The highest BCUT2D eigenvalue weighted by Crippen LogP contribution is 2.26. The fourth-order valence-corrected chi connectivity index (χ4v) is 3.65. The summed E-state index contributed by atoms with van der Waals surface area (Å²) in [6, 6.07) is 3.80. The van der Waals surface area contributed by atoms with Crippen LogP contribution in [0.15, 0.2) is 27.8 Å². The predicted octanol–water partition coefficient (Wildman–Crippen LogP) is 0.872. The molecule has 9 heteroatoms. The van der Waals surface area contributed by atoms with Crippen LogP contribution in [0.5, 0.6) is 0 Å². The van der Waals surface area contributed by atoms with Crippen LogP contribution in [0.25, 0.3) is 11.1 Å². The summed E-state index contributed by atoms with van der Waals surface area (Å²) in [6.07, 6.45) is 0.501. The number of nitro groups is 1. The van der Waals surface area contributed by atoms with Gasteiger partial charge >= 0.3 is 5.22 Å². The molecule has 0 bridgehead atoms. The molecule has 1 aromatic heterocycles. The SMILES string of the molecule is O=[N+]([O-])c1ccc2oc(S(=O)(=O)[C@H]3CCNC3)nc2c1. The van der Waals surface area contributed by atoms with E-state index < -0.39 is 20.0 Å². The molecule has 0 aliphatic carbocycles. The van der Waals surface area contributed by atoms with Gasteiger partial charge in [-0.3, -0.25) is 10.1 Å². The monoisotopic (exact) mass is 297 g/mol. The van der Waals surface area contributed by atoms with E-state index in [1.165, 1.54) is 18.2 Å².